The van der Waals surface area contributed by atoms with Gasteiger partial charge in [-0.1, -0.05) is 29.3 Å². The van der Waals surface area contributed by atoms with Gasteiger partial charge in [-0.25, -0.2) is 9.97 Å². The van der Waals surface area contributed by atoms with E-state index in [1.54, 1.807) is 41.5 Å². The van der Waals surface area contributed by atoms with Gasteiger partial charge >= 0.3 is 0 Å². The SMILES string of the molecule is Cc1cnc(N[C@H]2CCOC2)nc1-n1cnc(C(=O)NCc2ccc(Cl)c(Cl)c2)c1. The van der Waals surface area contributed by atoms with Crippen LogP contribution in [-0.4, -0.2) is 44.7 Å². The van der Waals surface area contributed by atoms with Crippen LogP contribution in [0.25, 0.3) is 5.82 Å². The molecule has 0 bridgehead atoms. The Balaban J connectivity index is 1.45. The molecule has 4 rings (SSSR count). The molecule has 3 heterocycles. The summed E-state index contributed by atoms with van der Waals surface area (Å²) in [6.07, 6.45) is 5.86. The molecule has 3 aromatic rings. The number of imidazole rings is 1. The van der Waals surface area contributed by atoms with Gasteiger partial charge in [0.15, 0.2) is 0 Å². The van der Waals surface area contributed by atoms with Crippen molar-refractivity contribution in [1.29, 1.82) is 0 Å². The maximum Gasteiger partial charge on any atom is 0.271 e. The average molecular weight is 447 g/mol. The molecule has 0 saturated carbocycles. The number of aryl methyl sites for hydroxylation is 1. The molecule has 30 heavy (non-hydrogen) atoms. The molecule has 1 aromatic carbocycles. The van der Waals surface area contributed by atoms with Gasteiger partial charge in [-0.2, -0.15) is 4.98 Å². The van der Waals surface area contributed by atoms with Crippen LogP contribution in [0.2, 0.25) is 10.0 Å². The number of hydrogen-bond acceptors (Lipinski definition) is 6. The highest BCUT2D eigenvalue weighted by atomic mass is 35.5. The van der Waals surface area contributed by atoms with E-state index < -0.39 is 0 Å². The van der Waals surface area contributed by atoms with Gasteiger partial charge in [0, 0.05) is 31.1 Å². The summed E-state index contributed by atoms with van der Waals surface area (Å²) in [5.41, 5.74) is 1.99. The molecule has 1 amide bonds. The minimum Gasteiger partial charge on any atom is -0.379 e. The molecule has 0 radical (unpaired) electrons. The van der Waals surface area contributed by atoms with Crippen LogP contribution >= 0.6 is 23.2 Å². The van der Waals surface area contributed by atoms with Crippen LogP contribution in [0.1, 0.15) is 28.0 Å². The van der Waals surface area contributed by atoms with E-state index in [2.05, 4.69) is 25.6 Å². The number of halogens is 2. The van der Waals surface area contributed by atoms with Crippen LogP contribution in [0.5, 0.6) is 0 Å². The van der Waals surface area contributed by atoms with Crippen LogP contribution in [0, 0.1) is 6.92 Å². The summed E-state index contributed by atoms with van der Waals surface area (Å²) in [5, 5.41) is 7.02. The molecule has 1 atom stereocenters. The van der Waals surface area contributed by atoms with Crippen molar-refractivity contribution in [2.24, 2.45) is 0 Å². The van der Waals surface area contributed by atoms with E-state index in [-0.39, 0.29) is 17.6 Å². The third-order valence-corrected chi connectivity index (χ3v) is 5.44. The zero-order valence-corrected chi connectivity index (χ0v) is 17.7. The second kappa shape index (κ2) is 8.99. The molecule has 156 valence electrons. The molecule has 2 aromatic heterocycles. The van der Waals surface area contributed by atoms with Gasteiger partial charge in [0.1, 0.15) is 17.8 Å². The number of hydrogen-bond donors (Lipinski definition) is 2. The predicted octanol–water partition coefficient (Wildman–Crippen LogP) is 3.41. The van der Waals surface area contributed by atoms with E-state index in [1.807, 2.05) is 6.92 Å². The van der Waals surface area contributed by atoms with Gasteiger partial charge in [-0.3, -0.25) is 9.36 Å². The first-order chi connectivity index (χ1) is 14.5. The lowest BCUT2D eigenvalue weighted by Crippen LogP contribution is -2.23. The first kappa shape index (κ1) is 20.6. The second-order valence-electron chi connectivity index (χ2n) is 7.00. The molecular weight excluding hydrogens is 427 g/mol. The Morgan fingerprint density at radius 2 is 2.17 bits per heavy atom. The topological polar surface area (TPSA) is 94.0 Å². The molecule has 1 aliphatic rings. The Kier molecular flexibility index (Phi) is 6.17. The van der Waals surface area contributed by atoms with Gasteiger partial charge in [0.2, 0.25) is 5.95 Å². The number of benzene rings is 1. The number of carbonyl (C=O) groups is 1. The van der Waals surface area contributed by atoms with Crippen molar-refractivity contribution in [2.45, 2.75) is 25.9 Å². The fourth-order valence-electron chi connectivity index (χ4n) is 3.07. The largest absolute Gasteiger partial charge is 0.379 e. The van der Waals surface area contributed by atoms with Gasteiger partial charge in [0.05, 0.1) is 22.7 Å². The van der Waals surface area contributed by atoms with Gasteiger partial charge in [-0.05, 0) is 31.0 Å². The molecular formula is C20H20Cl2N6O2. The summed E-state index contributed by atoms with van der Waals surface area (Å²) in [5.74, 6) is 0.876. The highest BCUT2D eigenvalue weighted by molar-refractivity contribution is 6.42. The summed E-state index contributed by atoms with van der Waals surface area (Å²) in [6, 6.07) is 5.42. The molecule has 2 N–H and O–H groups in total. The highest BCUT2D eigenvalue weighted by Crippen LogP contribution is 2.22. The Hall–Kier alpha value is -2.68. The number of amides is 1. The number of aromatic nitrogens is 4. The summed E-state index contributed by atoms with van der Waals surface area (Å²) in [4.78, 5) is 25.6. The fourth-order valence-corrected chi connectivity index (χ4v) is 3.39. The molecule has 10 heteroatoms. The normalized spacial score (nSPS) is 15.9. The lowest BCUT2D eigenvalue weighted by atomic mass is 10.2. The van der Waals surface area contributed by atoms with Crippen molar-refractivity contribution in [3.63, 3.8) is 0 Å². The average Bonchev–Trinajstić information content (AvgIpc) is 3.42. The molecule has 0 spiro atoms. The number of rotatable bonds is 6. The van der Waals surface area contributed by atoms with Crippen LogP contribution in [0.4, 0.5) is 5.95 Å². The Labute approximate surface area is 183 Å². The maximum atomic E-state index is 12.5. The number of anilines is 1. The highest BCUT2D eigenvalue weighted by Gasteiger charge is 2.17. The van der Waals surface area contributed by atoms with E-state index in [9.17, 15) is 4.79 Å². The lowest BCUT2D eigenvalue weighted by molar-refractivity contribution is 0.0946. The fraction of sp³-hybridized carbons (Fsp3) is 0.300. The quantitative estimate of drug-likeness (QED) is 0.602. The van der Waals surface area contributed by atoms with E-state index in [0.29, 0.717) is 35.0 Å². The van der Waals surface area contributed by atoms with E-state index in [4.69, 9.17) is 27.9 Å². The third kappa shape index (κ3) is 4.72. The molecule has 0 unspecified atom stereocenters. The number of nitrogens with one attached hydrogen (secondary N) is 2. The Bertz CT molecular complexity index is 1070. The van der Waals surface area contributed by atoms with E-state index in [0.717, 1.165) is 24.2 Å². The van der Waals surface area contributed by atoms with Crippen LogP contribution in [0.15, 0.2) is 36.9 Å². The number of carbonyl (C=O) groups excluding carboxylic acids is 1. The summed E-state index contributed by atoms with van der Waals surface area (Å²) in [7, 11) is 0. The summed E-state index contributed by atoms with van der Waals surface area (Å²) < 4.78 is 7.08. The Morgan fingerprint density at radius 1 is 1.30 bits per heavy atom. The van der Waals surface area contributed by atoms with Gasteiger partial charge < -0.3 is 15.4 Å². The zero-order valence-electron chi connectivity index (χ0n) is 16.2. The lowest BCUT2D eigenvalue weighted by Gasteiger charge is -2.12. The second-order valence-corrected chi connectivity index (χ2v) is 7.82. The molecule has 1 saturated heterocycles. The predicted molar refractivity (Wildman–Crippen MR) is 114 cm³/mol. The summed E-state index contributed by atoms with van der Waals surface area (Å²) >= 11 is 11.9. The first-order valence-electron chi connectivity index (χ1n) is 9.44. The van der Waals surface area contributed by atoms with Crippen molar-refractivity contribution in [3.05, 3.63) is 63.8 Å². The van der Waals surface area contributed by atoms with Crippen molar-refractivity contribution in [2.75, 3.05) is 18.5 Å². The Morgan fingerprint density at radius 3 is 2.93 bits per heavy atom. The number of nitrogens with zero attached hydrogens (tertiary/aromatic N) is 4. The van der Waals surface area contributed by atoms with Crippen LogP contribution in [-0.2, 0) is 11.3 Å². The van der Waals surface area contributed by atoms with Crippen LogP contribution in [0.3, 0.4) is 0 Å². The standard InChI is InChI=1S/C20H20Cl2N6O2/c1-12-7-24-20(26-14-4-5-30-10-14)27-18(12)28-9-17(25-11-28)19(29)23-8-13-2-3-15(21)16(22)6-13/h2-3,6-7,9,11,14H,4-5,8,10H2,1H3,(H,23,29)(H,24,26,27)/t14-/m0/s1. The summed E-state index contributed by atoms with van der Waals surface area (Å²) in [6.45, 7) is 3.59. The van der Waals surface area contributed by atoms with E-state index >= 15 is 0 Å². The monoisotopic (exact) mass is 446 g/mol. The smallest absolute Gasteiger partial charge is 0.271 e. The molecule has 0 aliphatic carbocycles. The van der Waals surface area contributed by atoms with E-state index in [1.165, 1.54) is 0 Å². The first-order valence-corrected chi connectivity index (χ1v) is 10.2. The van der Waals surface area contributed by atoms with Crippen molar-refractivity contribution in [1.82, 2.24) is 24.8 Å². The molecule has 1 fully saturated rings. The zero-order chi connectivity index (χ0) is 21.1. The maximum absolute atomic E-state index is 12.5. The van der Waals surface area contributed by atoms with Gasteiger partial charge in [0.25, 0.3) is 5.91 Å². The molecule has 1 aliphatic heterocycles. The van der Waals surface area contributed by atoms with Crippen LogP contribution < -0.4 is 10.6 Å². The van der Waals surface area contributed by atoms with Crippen molar-refractivity contribution in [3.8, 4) is 5.82 Å². The minimum absolute atomic E-state index is 0.200. The number of ether oxygens (including phenoxy) is 1. The van der Waals surface area contributed by atoms with Gasteiger partial charge in [-0.15, -0.1) is 0 Å². The van der Waals surface area contributed by atoms with Crippen molar-refractivity contribution >= 4 is 35.1 Å². The third-order valence-electron chi connectivity index (χ3n) is 4.70. The minimum atomic E-state index is -0.298. The van der Waals surface area contributed by atoms with Crippen molar-refractivity contribution < 1.29 is 9.53 Å². The molecule has 8 nitrogen and oxygen atoms in total.